The Balaban J connectivity index is 2.98. The first-order valence-corrected chi connectivity index (χ1v) is 9.26. The number of ether oxygens (including phenoxy) is 1. The molecule has 0 amide bonds. The molecule has 0 aliphatic carbocycles. The fourth-order valence-electron chi connectivity index (χ4n) is 2.71. The lowest BCUT2D eigenvalue weighted by Crippen LogP contribution is -1.97. The quantitative estimate of drug-likeness (QED) is 0.237. The van der Waals surface area contributed by atoms with Gasteiger partial charge in [-0.15, -0.1) is 0 Å². The summed E-state index contributed by atoms with van der Waals surface area (Å²) in [6.07, 6.45) is 20.7. The van der Waals surface area contributed by atoms with E-state index in [0.29, 0.717) is 6.42 Å². The van der Waals surface area contributed by atoms with Crippen LogP contribution >= 0.6 is 0 Å². The van der Waals surface area contributed by atoms with Crippen LogP contribution in [0.1, 0.15) is 110 Å². The van der Waals surface area contributed by atoms with Gasteiger partial charge in [-0.2, -0.15) is 0 Å². The average molecular weight is 298 g/mol. The highest BCUT2D eigenvalue weighted by atomic mass is 16.5. The first kappa shape index (κ1) is 20.5. The molecule has 0 heterocycles. The average Bonchev–Trinajstić information content (AvgIpc) is 2.50. The van der Waals surface area contributed by atoms with Crippen molar-refractivity contribution < 1.29 is 9.53 Å². The second-order valence-corrected chi connectivity index (χ2v) is 6.22. The summed E-state index contributed by atoms with van der Waals surface area (Å²) >= 11 is 0. The number of carbonyl (C=O) groups is 1. The van der Waals surface area contributed by atoms with Crippen LogP contribution in [0.25, 0.3) is 0 Å². The molecule has 0 rings (SSSR count). The van der Waals surface area contributed by atoms with Gasteiger partial charge in [0.15, 0.2) is 0 Å². The van der Waals surface area contributed by atoms with Crippen molar-refractivity contribution in [2.45, 2.75) is 110 Å². The molecule has 0 aromatic heterocycles. The molecule has 125 valence electrons. The van der Waals surface area contributed by atoms with E-state index < -0.39 is 0 Å². The van der Waals surface area contributed by atoms with Crippen molar-refractivity contribution in [1.29, 1.82) is 0 Å². The van der Waals surface area contributed by atoms with Crippen LogP contribution in [0.4, 0.5) is 0 Å². The highest BCUT2D eigenvalue weighted by Crippen LogP contribution is 2.13. The highest BCUT2D eigenvalue weighted by Gasteiger charge is 1.99. The summed E-state index contributed by atoms with van der Waals surface area (Å²) in [5.74, 6) is -0.176. The van der Waals surface area contributed by atoms with Crippen LogP contribution in [0, 0.1) is 7.11 Å². The molecule has 21 heavy (non-hydrogen) atoms. The zero-order valence-electron chi connectivity index (χ0n) is 14.3. The van der Waals surface area contributed by atoms with Crippen LogP contribution in [0.5, 0.6) is 0 Å². The lowest BCUT2D eigenvalue weighted by atomic mass is 10.0. The summed E-state index contributed by atoms with van der Waals surface area (Å²) in [5.41, 5.74) is 0. The molecule has 0 unspecified atom stereocenters. The number of carbonyl (C=O) groups excluding carboxylic acids is 1. The third-order valence-corrected chi connectivity index (χ3v) is 4.15. The molecule has 0 spiro atoms. The highest BCUT2D eigenvalue weighted by molar-refractivity contribution is 5.69. The minimum atomic E-state index is -0.176. The van der Waals surface area contributed by atoms with E-state index in [0.717, 1.165) is 12.8 Å². The fourth-order valence-corrected chi connectivity index (χ4v) is 2.71. The molecule has 0 N–H and O–H groups in total. The molecule has 0 aromatic carbocycles. The third-order valence-electron chi connectivity index (χ3n) is 4.15. The van der Waals surface area contributed by atoms with E-state index in [1.807, 2.05) is 0 Å². The van der Waals surface area contributed by atoms with E-state index in [1.54, 1.807) is 0 Å². The van der Waals surface area contributed by atoms with Crippen molar-refractivity contribution in [1.82, 2.24) is 0 Å². The van der Waals surface area contributed by atoms with Crippen molar-refractivity contribution in [3.8, 4) is 0 Å². The number of rotatable bonds is 16. The van der Waals surface area contributed by atoms with Gasteiger partial charge in [-0.25, -0.2) is 0 Å². The zero-order chi connectivity index (χ0) is 15.6. The minimum Gasteiger partial charge on any atom is -0.462 e. The van der Waals surface area contributed by atoms with Gasteiger partial charge in [0, 0.05) is 6.42 Å². The Morgan fingerprint density at radius 2 is 1.00 bits per heavy atom. The maximum atomic E-state index is 10.9. The van der Waals surface area contributed by atoms with E-state index in [2.05, 4.69) is 18.8 Å². The monoisotopic (exact) mass is 297 g/mol. The summed E-state index contributed by atoms with van der Waals surface area (Å²) in [7, 11) is 3.12. The van der Waals surface area contributed by atoms with E-state index in [-0.39, 0.29) is 5.97 Å². The first-order chi connectivity index (χ1) is 10.3. The van der Waals surface area contributed by atoms with Gasteiger partial charge in [0.25, 0.3) is 0 Å². The van der Waals surface area contributed by atoms with E-state index in [1.165, 1.54) is 83.5 Å². The summed E-state index contributed by atoms with van der Waals surface area (Å²) in [4.78, 5) is 10.9. The molecular weight excluding hydrogens is 260 g/mol. The predicted octanol–water partition coefficient (Wildman–Crippen LogP) is 6.58. The summed E-state index contributed by atoms with van der Waals surface area (Å²) < 4.78 is 4.38. The first-order valence-electron chi connectivity index (χ1n) is 9.26. The van der Waals surface area contributed by atoms with E-state index in [4.69, 9.17) is 0 Å². The van der Waals surface area contributed by atoms with Gasteiger partial charge < -0.3 is 4.74 Å². The number of hydrogen-bond donors (Lipinski definition) is 0. The standard InChI is InChI=1S/C19H37O2/c1-3-4-5-6-7-8-9-10-11-12-13-14-15-16-17-18-19(20)21-2/h2-18H2,1H3. The van der Waals surface area contributed by atoms with Gasteiger partial charge in [-0.1, -0.05) is 96.8 Å². The van der Waals surface area contributed by atoms with Gasteiger partial charge in [-0.3, -0.25) is 4.79 Å². The smallest absolute Gasteiger partial charge is 0.305 e. The second-order valence-electron chi connectivity index (χ2n) is 6.22. The fraction of sp³-hybridized carbons (Fsp3) is 0.895. The Morgan fingerprint density at radius 3 is 1.33 bits per heavy atom. The van der Waals surface area contributed by atoms with E-state index >= 15 is 0 Å². The summed E-state index contributed by atoms with van der Waals surface area (Å²) in [6.45, 7) is 2.27. The zero-order valence-corrected chi connectivity index (χ0v) is 14.3. The van der Waals surface area contributed by atoms with Crippen molar-refractivity contribution >= 4 is 5.97 Å². The Morgan fingerprint density at radius 1 is 0.667 bits per heavy atom. The van der Waals surface area contributed by atoms with Gasteiger partial charge >= 0.3 is 5.97 Å². The van der Waals surface area contributed by atoms with Gasteiger partial charge in [0.2, 0.25) is 0 Å². The predicted molar refractivity (Wildman–Crippen MR) is 91.0 cm³/mol. The van der Waals surface area contributed by atoms with Gasteiger partial charge in [0.1, 0.15) is 7.11 Å². The third kappa shape index (κ3) is 17.4. The molecule has 0 bridgehead atoms. The van der Waals surface area contributed by atoms with Crippen LogP contribution in [0.3, 0.4) is 0 Å². The van der Waals surface area contributed by atoms with Gasteiger partial charge in [0.05, 0.1) is 0 Å². The lowest BCUT2D eigenvalue weighted by Gasteiger charge is -2.03. The SMILES string of the molecule is [CH2]OC(=O)CCCCCCCCCCCCCCCCC. The molecular formula is C19H37O2. The molecule has 0 fully saturated rings. The number of esters is 1. The molecule has 1 radical (unpaired) electrons. The Hall–Kier alpha value is -0.530. The van der Waals surface area contributed by atoms with Crippen molar-refractivity contribution in [3.05, 3.63) is 7.11 Å². The normalized spacial score (nSPS) is 10.8. The Kier molecular flexibility index (Phi) is 17.1. The number of unbranched alkanes of at least 4 members (excludes halogenated alkanes) is 14. The second kappa shape index (κ2) is 17.5. The van der Waals surface area contributed by atoms with Crippen LogP contribution in [0.2, 0.25) is 0 Å². The Bertz CT molecular complexity index is 214. The summed E-state index contributed by atoms with van der Waals surface area (Å²) in [5, 5.41) is 0. The van der Waals surface area contributed by atoms with Crippen LogP contribution in [-0.4, -0.2) is 5.97 Å². The maximum absolute atomic E-state index is 10.9. The molecule has 0 aromatic rings. The molecule has 2 nitrogen and oxygen atoms in total. The molecule has 0 atom stereocenters. The van der Waals surface area contributed by atoms with Crippen LogP contribution < -0.4 is 0 Å². The number of hydrogen-bond acceptors (Lipinski definition) is 2. The van der Waals surface area contributed by atoms with Crippen molar-refractivity contribution in [2.75, 3.05) is 0 Å². The molecule has 0 aliphatic heterocycles. The maximum Gasteiger partial charge on any atom is 0.305 e. The molecule has 0 aliphatic rings. The topological polar surface area (TPSA) is 26.3 Å². The molecule has 2 heteroatoms. The van der Waals surface area contributed by atoms with Gasteiger partial charge in [-0.05, 0) is 6.42 Å². The van der Waals surface area contributed by atoms with Crippen molar-refractivity contribution in [2.24, 2.45) is 0 Å². The summed E-state index contributed by atoms with van der Waals surface area (Å²) in [6, 6.07) is 0. The van der Waals surface area contributed by atoms with Crippen LogP contribution in [0.15, 0.2) is 0 Å². The lowest BCUT2D eigenvalue weighted by molar-refractivity contribution is -0.138. The molecule has 0 saturated heterocycles. The van der Waals surface area contributed by atoms with Crippen molar-refractivity contribution in [3.63, 3.8) is 0 Å². The van der Waals surface area contributed by atoms with Crippen LogP contribution in [-0.2, 0) is 9.53 Å². The van der Waals surface area contributed by atoms with E-state index in [9.17, 15) is 4.79 Å². The Labute approximate surface area is 133 Å². The minimum absolute atomic E-state index is 0.176. The largest absolute Gasteiger partial charge is 0.462 e. The molecule has 0 saturated carbocycles.